The van der Waals surface area contributed by atoms with Gasteiger partial charge in [0.2, 0.25) is 16.0 Å². The first-order valence-corrected chi connectivity index (χ1v) is 7.72. The highest BCUT2D eigenvalue weighted by atomic mass is 32.1. The Morgan fingerprint density at radius 2 is 2.23 bits per heavy atom. The van der Waals surface area contributed by atoms with Gasteiger partial charge >= 0.3 is 0 Å². The number of hydrogen-bond acceptors (Lipinski definition) is 6. The van der Waals surface area contributed by atoms with Crippen LogP contribution in [0.2, 0.25) is 0 Å². The third kappa shape index (κ3) is 2.03. The third-order valence-corrected chi connectivity index (χ3v) is 4.57. The van der Waals surface area contributed by atoms with Crippen molar-refractivity contribution in [1.29, 1.82) is 0 Å². The fourth-order valence-corrected chi connectivity index (χ4v) is 3.43. The molecular formula is C14H13N5O2S. The van der Waals surface area contributed by atoms with Gasteiger partial charge in [-0.15, -0.1) is 5.10 Å². The molecule has 1 fully saturated rings. The highest BCUT2D eigenvalue weighted by Gasteiger charge is 2.25. The highest BCUT2D eigenvalue weighted by Crippen LogP contribution is 2.30. The van der Waals surface area contributed by atoms with Crippen molar-refractivity contribution < 1.29 is 9.53 Å². The van der Waals surface area contributed by atoms with Crippen LogP contribution in [0.1, 0.15) is 12.8 Å². The molecule has 0 spiro atoms. The van der Waals surface area contributed by atoms with E-state index in [2.05, 4.69) is 15.1 Å². The summed E-state index contributed by atoms with van der Waals surface area (Å²) in [5.41, 5.74) is 1.70. The second-order valence-electron chi connectivity index (χ2n) is 4.98. The molecule has 0 unspecified atom stereocenters. The van der Waals surface area contributed by atoms with E-state index in [4.69, 9.17) is 4.74 Å². The molecular weight excluding hydrogens is 302 g/mol. The molecule has 0 aromatic carbocycles. The minimum Gasteiger partial charge on any atom is -0.495 e. The zero-order valence-electron chi connectivity index (χ0n) is 11.9. The van der Waals surface area contributed by atoms with Gasteiger partial charge in [0.25, 0.3) is 0 Å². The predicted molar refractivity (Wildman–Crippen MR) is 82.2 cm³/mol. The molecule has 1 aliphatic heterocycles. The summed E-state index contributed by atoms with van der Waals surface area (Å²) in [5.74, 6) is 0.805. The lowest BCUT2D eigenvalue weighted by Crippen LogP contribution is -2.23. The van der Waals surface area contributed by atoms with Crippen molar-refractivity contribution in [3.05, 3.63) is 24.7 Å². The number of rotatable bonds is 3. The number of methoxy groups -OCH3 is 1. The van der Waals surface area contributed by atoms with Crippen LogP contribution in [0.5, 0.6) is 5.75 Å². The molecule has 0 saturated carbocycles. The van der Waals surface area contributed by atoms with Crippen molar-refractivity contribution in [2.75, 3.05) is 18.6 Å². The minimum absolute atomic E-state index is 0.126. The number of pyridine rings is 1. The number of imidazole rings is 1. The molecule has 1 saturated heterocycles. The number of amides is 1. The Kier molecular flexibility index (Phi) is 3.04. The van der Waals surface area contributed by atoms with E-state index < -0.39 is 0 Å². The van der Waals surface area contributed by atoms with Gasteiger partial charge in [-0.3, -0.25) is 14.7 Å². The largest absolute Gasteiger partial charge is 0.495 e. The second-order valence-corrected chi connectivity index (χ2v) is 5.92. The summed E-state index contributed by atoms with van der Waals surface area (Å²) >= 11 is 1.42. The molecule has 7 nitrogen and oxygen atoms in total. The second kappa shape index (κ2) is 5.06. The van der Waals surface area contributed by atoms with Gasteiger partial charge in [-0.1, -0.05) is 11.3 Å². The van der Waals surface area contributed by atoms with E-state index in [1.54, 1.807) is 35.1 Å². The average molecular weight is 315 g/mol. The summed E-state index contributed by atoms with van der Waals surface area (Å²) in [6.07, 6.45) is 6.62. The summed E-state index contributed by atoms with van der Waals surface area (Å²) in [4.78, 5) is 22.9. The maximum absolute atomic E-state index is 11.8. The SMILES string of the molecule is COc1cncc(-c2cnc3sc(N4CCCC4=O)nn23)c1. The topological polar surface area (TPSA) is 72.6 Å². The van der Waals surface area contributed by atoms with Gasteiger partial charge in [-0.05, 0) is 12.5 Å². The van der Waals surface area contributed by atoms with Gasteiger partial charge < -0.3 is 4.74 Å². The minimum atomic E-state index is 0.126. The molecule has 3 aromatic heterocycles. The van der Waals surface area contributed by atoms with Gasteiger partial charge in [0, 0.05) is 24.7 Å². The molecule has 3 aromatic rings. The third-order valence-electron chi connectivity index (χ3n) is 3.62. The number of ether oxygens (including phenoxy) is 1. The number of anilines is 1. The van der Waals surface area contributed by atoms with E-state index >= 15 is 0 Å². The zero-order valence-corrected chi connectivity index (χ0v) is 12.7. The Hall–Kier alpha value is -2.48. The lowest BCUT2D eigenvalue weighted by Gasteiger charge is -2.09. The molecule has 22 heavy (non-hydrogen) atoms. The Morgan fingerprint density at radius 3 is 3.00 bits per heavy atom. The lowest BCUT2D eigenvalue weighted by molar-refractivity contribution is -0.117. The monoisotopic (exact) mass is 315 g/mol. The Bertz CT molecular complexity index is 856. The molecule has 112 valence electrons. The first-order valence-electron chi connectivity index (χ1n) is 6.90. The smallest absolute Gasteiger partial charge is 0.228 e. The summed E-state index contributed by atoms with van der Waals surface area (Å²) in [5, 5.41) is 5.24. The van der Waals surface area contributed by atoms with Crippen LogP contribution in [0.3, 0.4) is 0 Å². The van der Waals surface area contributed by atoms with E-state index in [0.29, 0.717) is 17.3 Å². The van der Waals surface area contributed by atoms with Crippen LogP contribution in [0.25, 0.3) is 16.2 Å². The molecule has 0 radical (unpaired) electrons. The van der Waals surface area contributed by atoms with E-state index in [9.17, 15) is 4.79 Å². The molecule has 1 aliphatic rings. The maximum Gasteiger partial charge on any atom is 0.228 e. The van der Waals surface area contributed by atoms with Crippen LogP contribution in [0.15, 0.2) is 24.7 Å². The fraction of sp³-hybridized carbons (Fsp3) is 0.286. The van der Waals surface area contributed by atoms with Crippen LogP contribution < -0.4 is 9.64 Å². The van der Waals surface area contributed by atoms with Crippen LogP contribution in [0.4, 0.5) is 5.13 Å². The standard InChI is InChI=1S/C14H13N5O2S/c1-21-10-5-9(6-15-7-10)11-8-16-13-19(11)17-14(22-13)18-4-2-3-12(18)20/h5-8H,2-4H2,1H3. The van der Waals surface area contributed by atoms with Crippen molar-refractivity contribution >= 4 is 27.3 Å². The maximum atomic E-state index is 11.8. The predicted octanol–water partition coefficient (Wildman–Crippen LogP) is 1.99. The molecule has 4 heterocycles. The first-order chi connectivity index (χ1) is 10.8. The number of aromatic nitrogens is 4. The Morgan fingerprint density at radius 1 is 1.32 bits per heavy atom. The van der Waals surface area contributed by atoms with E-state index in [-0.39, 0.29) is 5.91 Å². The van der Waals surface area contributed by atoms with Crippen LogP contribution in [-0.4, -0.2) is 39.1 Å². The molecule has 0 bridgehead atoms. The average Bonchev–Trinajstić information content (AvgIpc) is 3.21. The van der Waals surface area contributed by atoms with E-state index in [1.165, 1.54) is 11.3 Å². The van der Waals surface area contributed by atoms with Crippen molar-refractivity contribution in [1.82, 2.24) is 19.6 Å². The quantitative estimate of drug-likeness (QED) is 0.739. The molecule has 0 aliphatic carbocycles. The molecule has 0 N–H and O–H groups in total. The number of nitrogens with zero attached hydrogens (tertiary/aromatic N) is 5. The van der Waals surface area contributed by atoms with Gasteiger partial charge in [-0.25, -0.2) is 9.50 Å². The van der Waals surface area contributed by atoms with Gasteiger partial charge in [0.1, 0.15) is 5.75 Å². The van der Waals surface area contributed by atoms with Crippen molar-refractivity contribution in [2.45, 2.75) is 12.8 Å². The summed E-state index contributed by atoms with van der Waals surface area (Å²) < 4.78 is 6.95. The number of fused-ring (bicyclic) bond motifs is 1. The lowest BCUT2D eigenvalue weighted by atomic mass is 10.2. The molecule has 4 rings (SSSR count). The zero-order chi connectivity index (χ0) is 15.1. The van der Waals surface area contributed by atoms with Crippen LogP contribution in [0, 0.1) is 0 Å². The summed E-state index contributed by atoms with van der Waals surface area (Å²) in [6, 6.07) is 1.89. The van der Waals surface area contributed by atoms with Gasteiger partial charge in [-0.2, -0.15) is 0 Å². The summed E-state index contributed by atoms with van der Waals surface area (Å²) in [6.45, 7) is 0.728. The Labute approximate surface area is 130 Å². The van der Waals surface area contributed by atoms with Crippen molar-refractivity contribution in [2.24, 2.45) is 0 Å². The normalized spacial score (nSPS) is 15.0. The van der Waals surface area contributed by atoms with Crippen molar-refractivity contribution in [3.8, 4) is 17.0 Å². The molecule has 8 heteroatoms. The highest BCUT2D eigenvalue weighted by molar-refractivity contribution is 7.20. The van der Waals surface area contributed by atoms with E-state index in [1.807, 2.05) is 6.07 Å². The summed E-state index contributed by atoms with van der Waals surface area (Å²) in [7, 11) is 1.60. The molecule has 0 atom stereocenters. The Balaban J connectivity index is 1.78. The van der Waals surface area contributed by atoms with Gasteiger partial charge in [0.05, 0.1) is 25.2 Å². The van der Waals surface area contributed by atoms with Crippen molar-refractivity contribution in [3.63, 3.8) is 0 Å². The van der Waals surface area contributed by atoms with E-state index in [0.717, 1.165) is 29.2 Å². The number of carbonyl (C=O) groups is 1. The number of carbonyl (C=O) groups excluding carboxylic acids is 1. The van der Waals surface area contributed by atoms with Gasteiger partial charge in [0.15, 0.2) is 0 Å². The molecule has 1 amide bonds. The van der Waals surface area contributed by atoms with Crippen LogP contribution >= 0.6 is 11.3 Å². The van der Waals surface area contributed by atoms with Crippen LogP contribution in [-0.2, 0) is 4.79 Å². The fourth-order valence-electron chi connectivity index (χ4n) is 2.51. The first kappa shape index (κ1) is 13.2. The number of hydrogen-bond donors (Lipinski definition) is 0.